The third-order valence-corrected chi connectivity index (χ3v) is 4.38. The average Bonchev–Trinajstić information content (AvgIpc) is 3.11. The molecule has 130 valence electrons. The van der Waals surface area contributed by atoms with Crippen molar-refractivity contribution in [3.8, 4) is 11.1 Å². The molecule has 0 bridgehead atoms. The third-order valence-electron chi connectivity index (χ3n) is 4.38. The molecule has 3 aromatic rings. The van der Waals surface area contributed by atoms with E-state index < -0.39 is 0 Å². The minimum Gasteiger partial charge on any atom is -0.357 e. The zero-order valence-electron chi connectivity index (χ0n) is 14.9. The van der Waals surface area contributed by atoms with Gasteiger partial charge < -0.3 is 14.5 Å². The zero-order chi connectivity index (χ0) is 18.0. The summed E-state index contributed by atoms with van der Waals surface area (Å²) in [6.45, 7) is 2.79. The van der Waals surface area contributed by atoms with E-state index in [9.17, 15) is 9.59 Å². The van der Waals surface area contributed by atoms with Crippen molar-refractivity contribution in [3.05, 3.63) is 58.6 Å². The molecule has 0 unspecified atom stereocenters. The van der Waals surface area contributed by atoms with Crippen molar-refractivity contribution in [1.82, 2.24) is 14.5 Å². The van der Waals surface area contributed by atoms with Gasteiger partial charge in [0, 0.05) is 49.5 Å². The van der Waals surface area contributed by atoms with Gasteiger partial charge in [0.05, 0.1) is 0 Å². The molecule has 0 saturated carbocycles. The van der Waals surface area contributed by atoms with Gasteiger partial charge in [-0.15, -0.1) is 0 Å². The summed E-state index contributed by atoms with van der Waals surface area (Å²) in [5.74, 6) is -0.0357. The highest BCUT2D eigenvalue weighted by molar-refractivity contribution is 5.98. The van der Waals surface area contributed by atoms with E-state index >= 15 is 0 Å². The highest BCUT2D eigenvalue weighted by Crippen LogP contribution is 2.27. The molecule has 2 aromatic heterocycles. The molecule has 0 spiro atoms. The maximum absolute atomic E-state index is 12.6. The van der Waals surface area contributed by atoms with Crippen molar-refractivity contribution in [1.29, 1.82) is 0 Å². The maximum atomic E-state index is 12.6. The fourth-order valence-corrected chi connectivity index (χ4v) is 3.00. The van der Waals surface area contributed by atoms with E-state index in [1.165, 1.54) is 0 Å². The first kappa shape index (κ1) is 17.0. The number of hydrogen-bond donors (Lipinski definition) is 1. The summed E-state index contributed by atoms with van der Waals surface area (Å²) in [4.78, 5) is 29.5. The first-order chi connectivity index (χ1) is 12.0. The van der Waals surface area contributed by atoms with Crippen LogP contribution in [-0.4, -0.2) is 34.5 Å². The second-order valence-corrected chi connectivity index (χ2v) is 6.44. The topological polar surface area (TPSA) is 58.1 Å². The summed E-state index contributed by atoms with van der Waals surface area (Å²) in [5, 5.41) is 0.882. The Kier molecular flexibility index (Phi) is 4.74. The summed E-state index contributed by atoms with van der Waals surface area (Å²) in [6, 6.07) is 9.47. The van der Waals surface area contributed by atoms with E-state index in [1.54, 1.807) is 29.8 Å². The molecule has 25 heavy (non-hydrogen) atoms. The number of nitrogens with one attached hydrogen (secondary N) is 1. The van der Waals surface area contributed by atoms with Crippen LogP contribution < -0.4 is 5.56 Å². The first-order valence-corrected chi connectivity index (χ1v) is 8.55. The van der Waals surface area contributed by atoms with Crippen LogP contribution >= 0.6 is 0 Å². The molecular weight excluding hydrogens is 314 g/mol. The van der Waals surface area contributed by atoms with Crippen LogP contribution in [0.3, 0.4) is 0 Å². The fraction of sp³-hybridized carbons (Fsp3) is 0.300. The fourth-order valence-electron chi connectivity index (χ4n) is 3.00. The van der Waals surface area contributed by atoms with E-state index in [1.807, 2.05) is 36.5 Å². The second-order valence-electron chi connectivity index (χ2n) is 6.44. The summed E-state index contributed by atoms with van der Waals surface area (Å²) >= 11 is 0. The van der Waals surface area contributed by atoms with Gasteiger partial charge in [-0.25, -0.2) is 0 Å². The van der Waals surface area contributed by atoms with Crippen LogP contribution in [-0.2, 0) is 6.54 Å². The Morgan fingerprint density at radius 3 is 2.76 bits per heavy atom. The zero-order valence-corrected chi connectivity index (χ0v) is 14.9. The van der Waals surface area contributed by atoms with Crippen LogP contribution in [0, 0.1) is 0 Å². The van der Waals surface area contributed by atoms with Gasteiger partial charge in [0.1, 0.15) is 5.52 Å². The van der Waals surface area contributed by atoms with Gasteiger partial charge in [0.15, 0.2) is 0 Å². The van der Waals surface area contributed by atoms with Crippen LogP contribution in [0.15, 0.2) is 47.5 Å². The van der Waals surface area contributed by atoms with Gasteiger partial charge in [-0.2, -0.15) is 0 Å². The Morgan fingerprint density at radius 1 is 1.24 bits per heavy atom. The van der Waals surface area contributed by atoms with Crippen molar-refractivity contribution >= 4 is 16.8 Å². The normalized spacial score (nSPS) is 11.0. The van der Waals surface area contributed by atoms with E-state index in [2.05, 4.69) is 11.9 Å². The number of rotatable bonds is 5. The van der Waals surface area contributed by atoms with E-state index in [0.717, 1.165) is 29.4 Å². The van der Waals surface area contributed by atoms with Crippen LogP contribution in [0.4, 0.5) is 0 Å². The number of aryl methyl sites for hydroxylation is 1. The summed E-state index contributed by atoms with van der Waals surface area (Å²) in [7, 11) is 3.48. The highest BCUT2D eigenvalue weighted by Gasteiger charge is 2.14. The Balaban J connectivity index is 2.17. The average molecular weight is 337 g/mol. The highest BCUT2D eigenvalue weighted by atomic mass is 16.2. The number of aromatic nitrogens is 2. The number of benzene rings is 1. The van der Waals surface area contributed by atoms with Crippen molar-refractivity contribution < 1.29 is 4.79 Å². The summed E-state index contributed by atoms with van der Waals surface area (Å²) in [5.41, 5.74) is 3.14. The molecule has 0 aliphatic carbocycles. The Bertz CT molecular complexity index is 966. The third kappa shape index (κ3) is 3.22. The summed E-state index contributed by atoms with van der Waals surface area (Å²) < 4.78 is 1.76. The molecule has 1 amide bonds. The number of carbonyl (C=O) groups excluding carboxylic acids is 1. The molecule has 0 aliphatic heterocycles. The first-order valence-electron chi connectivity index (χ1n) is 8.55. The molecule has 2 heterocycles. The van der Waals surface area contributed by atoms with E-state index in [-0.39, 0.29) is 11.5 Å². The van der Waals surface area contributed by atoms with Crippen molar-refractivity contribution in [2.45, 2.75) is 26.3 Å². The molecule has 1 aromatic carbocycles. The number of nitrogens with zero attached hydrogens (tertiary/aromatic N) is 2. The molecular formula is C20H23N3O2. The number of amides is 1. The van der Waals surface area contributed by atoms with Gasteiger partial charge in [-0.05, 0) is 30.2 Å². The molecule has 0 radical (unpaired) electrons. The lowest BCUT2D eigenvalue weighted by atomic mass is 10.0. The Labute approximate surface area is 146 Å². The lowest BCUT2D eigenvalue weighted by Gasteiger charge is -2.13. The molecule has 0 saturated heterocycles. The van der Waals surface area contributed by atoms with Crippen molar-refractivity contribution in [2.75, 3.05) is 14.1 Å². The molecule has 0 atom stereocenters. The molecule has 5 nitrogen and oxygen atoms in total. The van der Waals surface area contributed by atoms with Gasteiger partial charge in [-0.1, -0.05) is 25.5 Å². The van der Waals surface area contributed by atoms with Gasteiger partial charge >= 0.3 is 0 Å². The number of aromatic amines is 1. The largest absolute Gasteiger partial charge is 0.357 e. The number of unbranched alkanes of at least 4 members (excludes halogenated alkanes) is 1. The molecule has 0 aliphatic rings. The lowest BCUT2D eigenvalue weighted by molar-refractivity contribution is 0.0827. The number of pyridine rings is 1. The van der Waals surface area contributed by atoms with Gasteiger partial charge in [-0.3, -0.25) is 9.59 Å². The number of H-pyrrole nitrogens is 1. The minimum atomic E-state index is -0.0357. The molecule has 5 heteroatoms. The predicted molar refractivity (Wildman–Crippen MR) is 101 cm³/mol. The smallest absolute Gasteiger partial charge is 0.274 e. The van der Waals surface area contributed by atoms with E-state index in [0.29, 0.717) is 17.6 Å². The predicted octanol–water partition coefficient (Wildman–Crippen LogP) is 3.50. The monoisotopic (exact) mass is 337 g/mol. The van der Waals surface area contributed by atoms with Crippen LogP contribution in [0.5, 0.6) is 0 Å². The Morgan fingerprint density at radius 2 is 2.04 bits per heavy atom. The van der Waals surface area contributed by atoms with Crippen LogP contribution in [0.2, 0.25) is 0 Å². The molecule has 0 fully saturated rings. The van der Waals surface area contributed by atoms with Crippen LogP contribution in [0.25, 0.3) is 22.0 Å². The minimum absolute atomic E-state index is 0.00211. The van der Waals surface area contributed by atoms with Gasteiger partial charge in [0.2, 0.25) is 0 Å². The standard InChI is InChI=1S/C20H23N3O2/c1-4-5-11-23-13-17(16-9-10-21-18(16)20(23)25)14-7-6-8-15(12-14)19(24)22(2)3/h6-10,12-13,21H,4-5,11H2,1-3H3. The quantitative estimate of drug-likeness (QED) is 0.775. The Hall–Kier alpha value is -2.82. The van der Waals surface area contributed by atoms with Crippen molar-refractivity contribution in [2.24, 2.45) is 0 Å². The van der Waals surface area contributed by atoms with E-state index in [4.69, 9.17) is 0 Å². The lowest BCUT2D eigenvalue weighted by Crippen LogP contribution is -2.22. The van der Waals surface area contributed by atoms with Crippen molar-refractivity contribution in [3.63, 3.8) is 0 Å². The second kappa shape index (κ2) is 6.97. The number of carbonyl (C=O) groups is 1. The summed E-state index contributed by atoms with van der Waals surface area (Å²) in [6.07, 6.45) is 5.67. The molecule has 1 N–H and O–H groups in total. The molecule has 3 rings (SSSR count). The van der Waals surface area contributed by atoms with Gasteiger partial charge in [0.25, 0.3) is 11.5 Å². The number of hydrogen-bond acceptors (Lipinski definition) is 2. The maximum Gasteiger partial charge on any atom is 0.274 e. The number of fused-ring (bicyclic) bond motifs is 1. The van der Waals surface area contributed by atoms with Crippen LogP contribution in [0.1, 0.15) is 30.1 Å². The SMILES string of the molecule is CCCCn1cc(-c2cccc(C(=O)N(C)C)c2)c2cc[nH]c2c1=O.